The largest absolute Gasteiger partial charge is 0.439 e. The molecule has 5 nitrogen and oxygen atoms in total. The van der Waals surface area contributed by atoms with Gasteiger partial charge in [0.2, 0.25) is 0 Å². The van der Waals surface area contributed by atoms with Crippen molar-refractivity contribution in [2.24, 2.45) is 11.0 Å². The molecule has 0 spiro atoms. The molecule has 22 heavy (non-hydrogen) atoms. The van der Waals surface area contributed by atoms with Crippen molar-refractivity contribution in [1.82, 2.24) is 4.41 Å². The van der Waals surface area contributed by atoms with E-state index in [0.717, 1.165) is 12.1 Å². The van der Waals surface area contributed by atoms with Crippen LogP contribution in [-0.2, 0) is 10.0 Å². The molecule has 1 aliphatic heterocycles. The first kappa shape index (κ1) is 16.8. The number of halogens is 3. The Morgan fingerprint density at radius 1 is 1.27 bits per heavy atom. The van der Waals surface area contributed by atoms with Gasteiger partial charge >= 0.3 is 6.18 Å². The Morgan fingerprint density at radius 2 is 1.82 bits per heavy atom. The Morgan fingerprint density at radius 3 is 2.27 bits per heavy atom. The van der Waals surface area contributed by atoms with Gasteiger partial charge in [0.15, 0.2) is 0 Å². The summed E-state index contributed by atoms with van der Waals surface area (Å²) in [7, 11) is -4.62. The lowest BCUT2D eigenvalue weighted by Crippen LogP contribution is -2.56. The summed E-state index contributed by atoms with van der Waals surface area (Å²) in [5, 5.41) is 13.6. The summed E-state index contributed by atoms with van der Waals surface area (Å²) in [5.41, 5.74) is -3.60. The molecule has 1 aromatic rings. The van der Waals surface area contributed by atoms with Gasteiger partial charge in [0.05, 0.1) is 4.90 Å². The number of nitrogens with zero attached hydrogens (tertiary/aromatic N) is 2. The van der Waals surface area contributed by atoms with E-state index in [2.05, 4.69) is 5.10 Å². The van der Waals surface area contributed by atoms with Crippen molar-refractivity contribution in [3.8, 4) is 0 Å². The van der Waals surface area contributed by atoms with Gasteiger partial charge in [-0.05, 0) is 18.1 Å². The molecule has 1 heterocycles. The van der Waals surface area contributed by atoms with Gasteiger partial charge < -0.3 is 5.11 Å². The van der Waals surface area contributed by atoms with Gasteiger partial charge in [0.25, 0.3) is 15.7 Å². The summed E-state index contributed by atoms with van der Waals surface area (Å²) >= 11 is 0. The molecular weight excluding hydrogens is 321 g/mol. The maximum atomic E-state index is 13.2. The Kier molecular flexibility index (Phi) is 3.99. The average molecular weight is 336 g/mol. The van der Waals surface area contributed by atoms with E-state index in [4.69, 9.17) is 0 Å². The molecule has 1 unspecified atom stereocenters. The van der Waals surface area contributed by atoms with Gasteiger partial charge in [-0.2, -0.15) is 26.7 Å². The molecule has 0 saturated heterocycles. The second-order valence-electron chi connectivity index (χ2n) is 5.30. The highest BCUT2D eigenvalue weighted by Crippen LogP contribution is 2.43. The maximum Gasteiger partial charge on any atom is 0.439 e. The molecule has 1 atom stereocenters. The first-order valence-corrected chi connectivity index (χ1v) is 7.91. The van der Waals surface area contributed by atoms with Crippen LogP contribution in [0.15, 0.2) is 40.3 Å². The molecule has 1 aromatic carbocycles. The van der Waals surface area contributed by atoms with Crippen LogP contribution in [0.4, 0.5) is 13.2 Å². The third-order valence-electron chi connectivity index (χ3n) is 3.35. The minimum absolute atomic E-state index is 0.0284. The molecule has 0 saturated carbocycles. The van der Waals surface area contributed by atoms with Crippen LogP contribution in [0.1, 0.15) is 20.3 Å². The summed E-state index contributed by atoms with van der Waals surface area (Å²) in [6.45, 7) is 3.16. The van der Waals surface area contributed by atoms with Crippen molar-refractivity contribution < 1.29 is 26.7 Å². The Balaban J connectivity index is 2.58. The summed E-state index contributed by atoms with van der Waals surface area (Å²) in [4.78, 5) is -0.369. The van der Waals surface area contributed by atoms with E-state index in [1.54, 1.807) is 13.8 Å². The van der Waals surface area contributed by atoms with Crippen LogP contribution in [0.5, 0.6) is 0 Å². The molecule has 1 N–H and O–H groups in total. The lowest BCUT2D eigenvalue weighted by molar-refractivity contribution is -0.291. The molecule has 0 bridgehead atoms. The minimum atomic E-state index is -5.17. The van der Waals surface area contributed by atoms with Crippen LogP contribution < -0.4 is 0 Å². The highest BCUT2D eigenvalue weighted by molar-refractivity contribution is 7.89. The second kappa shape index (κ2) is 5.24. The number of sulfonamides is 1. The van der Waals surface area contributed by atoms with E-state index in [1.807, 2.05) is 0 Å². The number of hydrogen-bond donors (Lipinski definition) is 1. The number of benzene rings is 1. The quantitative estimate of drug-likeness (QED) is 0.921. The third kappa shape index (κ3) is 2.58. The number of hydrazone groups is 1. The van der Waals surface area contributed by atoms with E-state index in [1.165, 1.54) is 18.2 Å². The normalized spacial score (nSPS) is 23.0. The standard InChI is InChI=1S/C13H15F3N2O3S/c1-9(2)11-8-12(19,13(14,15)16)18(17-11)22(20,21)10-6-4-3-5-7-10/h3-7,9,19H,8H2,1-2H3. The van der Waals surface area contributed by atoms with Gasteiger partial charge in [-0.3, -0.25) is 0 Å². The Labute approximate surface area is 126 Å². The van der Waals surface area contributed by atoms with E-state index in [-0.39, 0.29) is 15.0 Å². The lowest BCUT2D eigenvalue weighted by atomic mass is 10.00. The number of hydrogen-bond acceptors (Lipinski definition) is 4. The zero-order chi connectivity index (χ0) is 16.8. The lowest BCUT2D eigenvalue weighted by Gasteiger charge is -2.33. The van der Waals surface area contributed by atoms with E-state index in [0.29, 0.717) is 0 Å². The molecular formula is C13H15F3N2O3S. The van der Waals surface area contributed by atoms with E-state index in [9.17, 15) is 26.7 Å². The van der Waals surface area contributed by atoms with Gasteiger partial charge in [-0.1, -0.05) is 32.0 Å². The van der Waals surface area contributed by atoms with E-state index >= 15 is 0 Å². The van der Waals surface area contributed by atoms with Gasteiger partial charge in [0, 0.05) is 12.1 Å². The monoisotopic (exact) mass is 336 g/mol. The summed E-state index contributed by atoms with van der Waals surface area (Å²) < 4.78 is 64.4. The van der Waals surface area contributed by atoms with Crippen molar-refractivity contribution >= 4 is 15.7 Å². The van der Waals surface area contributed by atoms with Crippen LogP contribution in [0.3, 0.4) is 0 Å². The predicted molar refractivity (Wildman–Crippen MR) is 73.4 cm³/mol. The minimum Gasteiger partial charge on any atom is -0.361 e. The van der Waals surface area contributed by atoms with Gasteiger partial charge in [-0.15, -0.1) is 4.41 Å². The fourth-order valence-electron chi connectivity index (χ4n) is 2.03. The highest BCUT2D eigenvalue weighted by Gasteiger charge is 2.65. The summed E-state index contributed by atoms with van der Waals surface area (Å²) in [6, 6.07) is 6.58. The van der Waals surface area contributed by atoms with Crippen molar-refractivity contribution in [1.29, 1.82) is 0 Å². The summed E-state index contributed by atoms with van der Waals surface area (Å²) in [5.74, 6) is -0.426. The van der Waals surface area contributed by atoms with Crippen molar-refractivity contribution in [3.05, 3.63) is 30.3 Å². The second-order valence-corrected chi connectivity index (χ2v) is 7.07. The van der Waals surface area contributed by atoms with Crippen LogP contribution in [0, 0.1) is 5.92 Å². The van der Waals surface area contributed by atoms with Crippen LogP contribution >= 0.6 is 0 Å². The molecule has 0 amide bonds. The first-order chi connectivity index (χ1) is 10.00. The molecule has 0 fully saturated rings. The third-order valence-corrected chi connectivity index (χ3v) is 5.06. The predicted octanol–water partition coefficient (Wildman–Crippen LogP) is 2.34. The molecule has 122 valence electrons. The van der Waals surface area contributed by atoms with Crippen molar-refractivity contribution in [2.45, 2.75) is 37.1 Å². The molecule has 9 heteroatoms. The Hall–Kier alpha value is -1.61. The number of rotatable bonds is 3. The zero-order valence-corrected chi connectivity index (χ0v) is 12.7. The summed E-state index contributed by atoms with van der Waals surface area (Å²) in [6.07, 6.45) is -6.07. The van der Waals surface area contributed by atoms with Gasteiger partial charge in [-0.25, -0.2) is 0 Å². The van der Waals surface area contributed by atoms with Crippen LogP contribution in [0.2, 0.25) is 0 Å². The van der Waals surface area contributed by atoms with Crippen molar-refractivity contribution in [3.63, 3.8) is 0 Å². The van der Waals surface area contributed by atoms with Crippen LogP contribution in [-0.4, -0.2) is 35.6 Å². The van der Waals surface area contributed by atoms with Crippen molar-refractivity contribution in [2.75, 3.05) is 0 Å². The van der Waals surface area contributed by atoms with Gasteiger partial charge in [0.1, 0.15) is 0 Å². The molecule has 0 radical (unpaired) electrons. The first-order valence-electron chi connectivity index (χ1n) is 6.47. The molecule has 1 aliphatic rings. The zero-order valence-electron chi connectivity index (χ0n) is 11.9. The SMILES string of the molecule is CC(C)C1=NN(S(=O)(=O)c2ccccc2)C(O)(C(F)(F)F)C1. The van der Waals surface area contributed by atoms with E-state index < -0.39 is 34.3 Å². The topological polar surface area (TPSA) is 70.0 Å². The maximum absolute atomic E-state index is 13.2. The number of aliphatic hydroxyl groups is 1. The highest BCUT2D eigenvalue weighted by atomic mass is 32.2. The molecule has 2 rings (SSSR count). The average Bonchev–Trinajstić information content (AvgIpc) is 2.80. The fourth-order valence-corrected chi connectivity index (χ4v) is 3.51. The van der Waals surface area contributed by atoms with Crippen LogP contribution in [0.25, 0.3) is 0 Å². The molecule has 0 aromatic heterocycles. The Bertz CT molecular complexity index is 686. The smallest absolute Gasteiger partial charge is 0.361 e. The number of alkyl halides is 3. The molecule has 0 aliphatic carbocycles. The fraction of sp³-hybridized carbons (Fsp3) is 0.462.